The molecular weight excluding hydrogens is 326 g/mol. The summed E-state index contributed by atoms with van der Waals surface area (Å²) in [4.78, 5) is 24.1. The number of rotatable bonds is 7. The maximum atomic E-state index is 12.2. The fourth-order valence-corrected chi connectivity index (χ4v) is 2.85. The monoisotopic (exact) mass is 347 g/mol. The van der Waals surface area contributed by atoms with E-state index < -0.39 is 6.10 Å². The molecule has 0 unspecified atom stereocenters. The van der Waals surface area contributed by atoms with E-state index >= 15 is 0 Å². The highest BCUT2D eigenvalue weighted by atomic mass is 32.1. The van der Waals surface area contributed by atoms with E-state index in [4.69, 9.17) is 9.47 Å². The third-order valence-corrected chi connectivity index (χ3v) is 4.22. The first-order valence-corrected chi connectivity index (χ1v) is 8.60. The smallest absolute Gasteiger partial charge is 0.306 e. The van der Waals surface area contributed by atoms with Gasteiger partial charge in [0.2, 0.25) is 0 Å². The zero-order chi connectivity index (χ0) is 17.5. The Kier molecular flexibility index (Phi) is 6.37. The zero-order valence-electron chi connectivity index (χ0n) is 14.0. The van der Waals surface area contributed by atoms with Gasteiger partial charge in [0.15, 0.2) is 6.10 Å². The van der Waals surface area contributed by atoms with Crippen LogP contribution in [-0.4, -0.2) is 25.1 Å². The van der Waals surface area contributed by atoms with Crippen molar-refractivity contribution in [3.05, 3.63) is 46.2 Å². The lowest BCUT2D eigenvalue weighted by Gasteiger charge is -2.15. The highest BCUT2D eigenvalue weighted by molar-refractivity contribution is 7.07. The van der Waals surface area contributed by atoms with Crippen LogP contribution in [0.2, 0.25) is 0 Å². The first kappa shape index (κ1) is 18.0. The molecule has 128 valence electrons. The normalized spacial score (nSPS) is 11.6. The maximum Gasteiger partial charge on any atom is 0.306 e. The van der Waals surface area contributed by atoms with Gasteiger partial charge in [0, 0.05) is 6.42 Å². The number of thiophene rings is 1. The number of hydrogen-bond donors (Lipinski definition) is 1. The van der Waals surface area contributed by atoms with E-state index in [1.807, 2.05) is 35.9 Å². The highest BCUT2D eigenvalue weighted by Crippen LogP contribution is 2.25. The first-order valence-electron chi connectivity index (χ1n) is 7.65. The van der Waals surface area contributed by atoms with Crippen molar-refractivity contribution < 1.29 is 19.1 Å². The van der Waals surface area contributed by atoms with Gasteiger partial charge in [-0.3, -0.25) is 9.59 Å². The van der Waals surface area contributed by atoms with Crippen molar-refractivity contribution in [3.63, 3.8) is 0 Å². The van der Waals surface area contributed by atoms with Gasteiger partial charge in [-0.15, -0.1) is 0 Å². The Labute approximate surface area is 145 Å². The van der Waals surface area contributed by atoms with Crippen molar-refractivity contribution in [1.29, 1.82) is 0 Å². The molecule has 0 spiro atoms. The standard InChI is InChI=1S/C18H21NO4S/c1-12-4-6-16(22-3)15(10-12)19-18(21)13(2)23-17(20)7-5-14-8-9-24-11-14/h4,6,8-11,13H,5,7H2,1-3H3,(H,19,21)/t13-/m0/s1. The number of methoxy groups -OCH3 is 1. The topological polar surface area (TPSA) is 64.6 Å². The van der Waals surface area contributed by atoms with E-state index in [0.29, 0.717) is 17.9 Å². The van der Waals surface area contributed by atoms with Gasteiger partial charge in [0.25, 0.3) is 5.91 Å². The Morgan fingerprint density at radius 2 is 2.08 bits per heavy atom. The van der Waals surface area contributed by atoms with Crippen LogP contribution in [0.3, 0.4) is 0 Å². The fourth-order valence-electron chi connectivity index (χ4n) is 2.14. The Bertz CT molecular complexity index is 697. The van der Waals surface area contributed by atoms with Gasteiger partial charge >= 0.3 is 5.97 Å². The van der Waals surface area contributed by atoms with Crippen molar-refractivity contribution in [1.82, 2.24) is 0 Å². The second-order valence-corrected chi connectivity index (χ2v) is 6.24. The molecule has 1 heterocycles. The molecule has 0 saturated heterocycles. The molecule has 0 saturated carbocycles. The van der Waals surface area contributed by atoms with E-state index in [0.717, 1.165) is 11.1 Å². The molecule has 0 aliphatic rings. The molecule has 2 aromatic rings. The third kappa shape index (κ3) is 5.09. The molecule has 6 heteroatoms. The van der Waals surface area contributed by atoms with E-state index in [1.54, 1.807) is 24.3 Å². The molecule has 0 aliphatic carbocycles. The predicted molar refractivity (Wildman–Crippen MR) is 94.6 cm³/mol. The maximum absolute atomic E-state index is 12.2. The summed E-state index contributed by atoms with van der Waals surface area (Å²) in [6.07, 6.45) is -0.00462. The van der Waals surface area contributed by atoms with Gasteiger partial charge in [-0.05, 0) is 60.4 Å². The molecule has 1 atom stereocenters. The van der Waals surface area contributed by atoms with Gasteiger partial charge in [-0.1, -0.05) is 6.07 Å². The lowest BCUT2D eigenvalue weighted by molar-refractivity contribution is -0.153. The highest BCUT2D eigenvalue weighted by Gasteiger charge is 2.19. The molecule has 1 N–H and O–H groups in total. The molecule has 0 radical (unpaired) electrons. The Hall–Kier alpha value is -2.34. The van der Waals surface area contributed by atoms with Crippen LogP contribution in [0.1, 0.15) is 24.5 Å². The van der Waals surface area contributed by atoms with Crippen LogP contribution < -0.4 is 10.1 Å². The van der Waals surface area contributed by atoms with Crippen LogP contribution in [0.5, 0.6) is 5.75 Å². The van der Waals surface area contributed by atoms with Gasteiger partial charge in [-0.2, -0.15) is 11.3 Å². The molecule has 1 aromatic carbocycles. The Balaban J connectivity index is 1.87. The summed E-state index contributed by atoms with van der Waals surface area (Å²) in [5, 5.41) is 6.70. The second kappa shape index (κ2) is 8.49. The molecule has 0 bridgehead atoms. The Morgan fingerprint density at radius 1 is 1.29 bits per heavy atom. The average molecular weight is 347 g/mol. The minimum atomic E-state index is -0.870. The van der Waals surface area contributed by atoms with E-state index in [1.165, 1.54) is 7.11 Å². The number of ether oxygens (including phenoxy) is 2. The van der Waals surface area contributed by atoms with Crippen molar-refractivity contribution in [2.75, 3.05) is 12.4 Å². The summed E-state index contributed by atoms with van der Waals surface area (Å²) in [5.74, 6) is -0.215. The van der Waals surface area contributed by atoms with Crippen LogP contribution in [0.15, 0.2) is 35.0 Å². The largest absolute Gasteiger partial charge is 0.495 e. The summed E-state index contributed by atoms with van der Waals surface area (Å²) < 4.78 is 10.4. The summed E-state index contributed by atoms with van der Waals surface area (Å²) in [7, 11) is 1.54. The van der Waals surface area contributed by atoms with Crippen LogP contribution in [0.25, 0.3) is 0 Å². The average Bonchev–Trinajstić information content (AvgIpc) is 3.06. The quantitative estimate of drug-likeness (QED) is 0.778. The van der Waals surface area contributed by atoms with E-state index in [-0.39, 0.29) is 18.3 Å². The Morgan fingerprint density at radius 3 is 2.75 bits per heavy atom. The fraction of sp³-hybridized carbons (Fsp3) is 0.333. The number of carbonyl (C=O) groups is 2. The number of carbonyl (C=O) groups excluding carboxylic acids is 2. The van der Waals surface area contributed by atoms with Crippen LogP contribution in [0, 0.1) is 6.92 Å². The van der Waals surface area contributed by atoms with Crippen LogP contribution >= 0.6 is 11.3 Å². The van der Waals surface area contributed by atoms with Crippen molar-refractivity contribution in [2.24, 2.45) is 0 Å². The van der Waals surface area contributed by atoms with Gasteiger partial charge in [-0.25, -0.2) is 0 Å². The number of esters is 1. The molecule has 0 aliphatic heterocycles. The minimum absolute atomic E-state index is 0.252. The number of aryl methyl sites for hydroxylation is 2. The molecule has 1 aromatic heterocycles. The number of hydrogen-bond acceptors (Lipinski definition) is 5. The van der Waals surface area contributed by atoms with Crippen LogP contribution in [-0.2, 0) is 20.7 Å². The zero-order valence-corrected chi connectivity index (χ0v) is 14.8. The van der Waals surface area contributed by atoms with E-state index in [2.05, 4.69) is 5.32 Å². The van der Waals surface area contributed by atoms with Crippen molar-refractivity contribution in [3.8, 4) is 5.75 Å². The van der Waals surface area contributed by atoms with Crippen molar-refractivity contribution in [2.45, 2.75) is 32.8 Å². The van der Waals surface area contributed by atoms with Gasteiger partial charge in [0.05, 0.1) is 12.8 Å². The number of amides is 1. The molecule has 5 nitrogen and oxygen atoms in total. The summed E-state index contributed by atoms with van der Waals surface area (Å²) in [5.41, 5.74) is 2.65. The first-order chi connectivity index (χ1) is 11.5. The predicted octanol–water partition coefficient (Wildman–Crippen LogP) is 3.57. The van der Waals surface area contributed by atoms with Crippen molar-refractivity contribution >= 4 is 28.9 Å². The number of anilines is 1. The van der Waals surface area contributed by atoms with Gasteiger partial charge in [0.1, 0.15) is 5.75 Å². The lowest BCUT2D eigenvalue weighted by atomic mass is 10.2. The summed E-state index contributed by atoms with van der Waals surface area (Å²) in [6.45, 7) is 3.48. The third-order valence-electron chi connectivity index (χ3n) is 3.49. The molecule has 24 heavy (non-hydrogen) atoms. The van der Waals surface area contributed by atoms with E-state index in [9.17, 15) is 9.59 Å². The molecule has 2 rings (SSSR count). The molecular formula is C18H21NO4S. The number of nitrogens with one attached hydrogen (secondary N) is 1. The molecule has 1 amide bonds. The van der Waals surface area contributed by atoms with Crippen LogP contribution in [0.4, 0.5) is 5.69 Å². The second-order valence-electron chi connectivity index (χ2n) is 5.46. The number of benzene rings is 1. The van der Waals surface area contributed by atoms with Gasteiger partial charge < -0.3 is 14.8 Å². The lowest BCUT2D eigenvalue weighted by Crippen LogP contribution is -2.30. The summed E-state index contributed by atoms with van der Waals surface area (Å²) >= 11 is 1.59. The SMILES string of the molecule is COc1ccc(C)cc1NC(=O)[C@H](C)OC(=O)CCc1ccsc1. The molecule has 0 fully saturated rings. The minimum Gasteiger partial charge on any atom is -0.495 e. The summed E-state index contributed by atoms with van der Waals surface area (Å²) in [6, 6.07) is 7.45.